The van der Waals surface area contributed by atoms with Crippen LogP contribution < -0.4 is 0 Å². The Morgan fingerprint density at radius 3 is 3.00 bits per heavy atom. The highest BCUT2D eigenvalue weighted by Gasteiger charge is 2.12. The molecule has 0 aliphatic rings. The molecule has 3 heterocycles. The van der Waals surface area contributed by atoms with Gasteiger partial charge >= 0.3 is 0 Å². The van der Waals surface area contributed by atoms with E-state index in [4.69, 9.17) is 11.6 Å². The molecule has 0 saturated carbocycles. The van der Waals surface area contributed by atoms with Crippen LogP contribution in [0.4, 0.5) is 0 Å². The molecule has 0 radical (unpaired) electrons. The lowest BCUT2D eigenvalue weighted by Gasteiger charge is -2.00. The van der Waals surface area contributed by atoms with Crippen LogP contribution in [0.15, 0.2) is 18.7 Å². The first kappa shape index (κ1) is 10.6. The number of thiophene rings is 1. The van der Waals surface area contributed by atoms with Crippen LogP contribution in [0.2, 0.25) is 5.28 Å². The summed E-state index contributed by atoms with van der Waals surface area (Å²) in [5.41, 5.74) is 0. The van der Waals surface area contributed by atoms with Crippen LogP contribution in [0.25, 0.3) is 16.0 Å². The van der Waals surface area contributed by atoms with Crippen LogP contribution in [0.3, 0.4) is 0 Å². The summed E-state index contributed by atoms with van der Waals surface area (Å²) >= 11 is 7.54. The van der Waals surface area contributed by atoms with E-state index < -0.39 is 0 Å². The molecule has 0 spiro atoms. The maximum absolute atomic E-state index is 5.92. The van der Waals surface area contributed by atoms with Gasteiger partial charge < -0.3 is 0 Å². The Morgan fingerprint density at radius 1 is 1.41 bits per heavy atom. The Morgan fingerprint density at radius 2 is 2.29 bits per heavy atom. The lowest BCUT2D eigenvalue weighted by Crippen LogP contribution is -1.99. The van der Waals surface area contributed by atoms with Crippen LogP contribution in [0.5, 0.6) is 0 Å². The Hall–Kier alpha value is -1.53. The first-order valence-electron chi connectivity index (χ1n) is 5.09. The van der Waals surface area contributed by atoms with Gasteiger partial charge in [0, 0.05) is 4.88 Å². The second-order valence-corrected chi connectivity index (χ2v) is 4.89. The zero-order chi connectivity index (χ0) is 11.8. The van der Waals surface area contributed by atoms with E-state index in [2.05, 4.69) is 33.0 Å². The highest BCUT2D eigenvalue weighted by Crippen LogP contribution is 2.28. The summed E-state index contributed by atoms with van der Waals surface area (Å²) in [5, 5.41) is 5.26. The van der Waals surface area contributed by atoms with Crippen molar-refractivity contribution in [2.45, 2.75) is 13.3 Å². The summed E-state index contributed by atoms with van der Waals surface area (Å²) in [5.74, 6) is 0.674. The first-order valence-corrected chi connectivity index (χ1v) is 6.28. The second kappa shape index (κ2) is 4.05. The lowest BCUT2D eigenvalue weighted by molar-refractivity contribution is 0.850. The third-order valence-corrected chi connectivity index (χ3v) is 3.72. The number of aromatic nitrogens is 5. The smallest absolute Gasteiger partial charge is 0.223 e. The third-order valence-electron chi connectivity index (χ3n) is 2.38. The molecule has 0 bridgehead atoms. The van der Waals surface area contributed by atoms with Gasteiger partial charge in [-0.1, -0.05) is 6.92 Å². The summed E-state index contributed by atoms with van der Waals surface area (Å²) in [6.07, 6.45) is 4.03. The van der Waals surface area contributed by atoms with E-state index in [-0.39, 0.29) is 5.28 Å². The van der Waals surface area contributed by atoms with Gasteiger partial charge in [-0.3, -0.25) is 0 Å². The van der Waals surface area contributed by atoms with Crippen molar-refractivity contribution >= 4 is 33.2 Å². The summed E-state index contributed by atoms with van der Waals surface area (Å²) in [6, 6.07) is 2.08. The number of halogens is 1. The topological polar surface area (TPSA) is 56.5 Å². The second-order valence-electron chi connectivity index (χ2n) is 3.44. The van der Waals surface area contributed by atoms with Crippen LogP contribution in [-0.2, 0) is 6.42 Å². The third kappa shape index (κ3) is 1.79. The molecule has 86 valence electrons. The summed E-state index contributed by atoms with van der Waals surface area (Å²) < 4.78 is 1.60. The van der Waals surface area contributed by atoms with Gasteiger partial charge in [0.1, 0.15) is 17.5 Å². The van der Waals surface area contributed by atoms with Crippen LogP contribution in [0, 0.1) is 0 Å². The van der Waals surface area contributed by atoms with Crippen molar-refractivity contribution in [2.75, 3.05) is 0 Å². The molecule has 7 heteroatoms. The van der Waals surface area contributed by atoms with Crippen molar-refractivity contribution < 1.29 is 0 Å². The molecule has 0 unspecified atom stereocenters. The minimum absolute atomic E-state index is 0.229. The normalized spacial score (nSPS) is 11.2. The zero-order valence-corrected chi connectivity index (χ0v) is 10.5. The average Bonchev–Trinajstić information content (AvgIpc) is 2.96. The Bertz CT molecular complexity index is 661. The Labute approximate surface area is 106 Å². The summed E-state index contributed by atoms with van der Waals surface area (Å²) in [7, 11) is 0. The lowest BCUT2D eigenvalue weighted by atomic mass is 10.3. The molecule has 3 aromatic rings. The van der Waals surface area contributed by atoms with E-state index in [1.807, 2.05) is 0 Å². The standard InChI is InChI=1S/C10H8ClN5S/c1-2-6-3-7-8(16-5-12-4-13-16)14-10(11)15-9(7)17-6/h3-5H,2H2,1H3. The quantitative estimate of drug-likeness (QED) is 0.668. The van der Waals surface area contributed by atoms with E-state index in [1.165, 1.54) is 11.2 Å². The van der Waals surface area contributed by atoms with Gasteiger partial charge in [-0.2, -0.15) is 10.1 Å². The average molecular weight is 266 g/mol. The summed E-state index contributed by atoms with van der Waals surface area (Å²) in [4.78, 5) is 14.5. The molecule has 0 amide bonds. The molecular weight excluding hydrogens is 258 g/mol. The van der Waals surface area contributed by atoms with Crippen molar-refractivity contribution in [3.8, 4) is 5.82 Å². The SMILES string of the molecule is CCc1cc2c(-n3cncn3)nc(Cl)nc2s1. The van der Waals surface area contributed by atoms with E-state index in [9.17, 15) is 0 Å². The highest BCUT2D eigenvalue weighted by molar-refractivity contribution is 7.18. The van der Waals surface area contributed by atoms with Crippen LogP contribution >= 0.6 is 22.9 Å². The summed E-state index contributed by atoms with van der Waals surface area (Å²) in [6.45, 7) is 2.11. The number of nitrogens with zero attached hydrogens (tertiary/aromatic N) is 5. The van der Waals surface area contributed by atoms with Gasteiger partial charge in [0.25, 0.3) is 0 Å². The number of hydrogen-bond acceptors (Lipinski definition) is 5. The minimum Gasteiger partial charge on any atom is -0.223 e. The van der Waals surface area contributed by atoms with Gasteiger partial charge in [-0.25, -0.2) is 14.6 Å². The molecule has 0 aliphatic carbocycles. The fourth-order valence-corrected chi connectivity index (χ4v) is 2.77. The van der Waals surface area contributed by atoms with Crippen molar-refractivity contribution in [3.05, 3.63) is 28.9 Å². The molecule has 0 aromatic carbocycles. The Balaban J connectivity index is 2.32. The molecule has 0 atom stereocenters. The number of fused-ring (bicyclic) bond motifs is 1. The molecule has 17 heavy (non-hydrogen) atoms. The molecular formula is C10H8ClN5S. The van der Waals surface area contributed by atoms with E-state index in [1.54, 1.807) is 22.3 Å². The number of aryl methyl sites for hydroxylation is 1. The number of rotatable bonds is 2. The van der Waals surface area contributed by atoms with Gasteiger partial charge in [0.2, 0.25) is 5.28 Å². The maximum atomic E-state index is 5.92. The van der Waals surface area contributed by atoms with Gasteiger partial charge in [-0.15, -0.1) is 11.3 Å². The molecule has 0 N–H and O–H groups in total. The van der Waals surface area contributed by atoms with E-state index >= 15 is 0 Å². The molecule has 5 nitrogen and oxygen atoms in total. The molecule has 0 fully saturated rings. The molecule has 3 aromatic heterocycles. The monoisotopic (exact) mass is 265 g/mol. The van der Waals surface area contributed by atoms with Crippen molar-refractivity contribution in [3.63, 3.8) is 0 Å². The fourth-order valence-electron chi connectivity index (χ4n) is 1.60. The van der Waals surface area contributed by atoms with Crippen molar-refractivity contribution in [1.82, 2.24) is 24.7 Å². The van der Waals surface area contributed by atoms with Crippen LogP contribution in [0.1, 0.15) is 11.8 Å². The van der Waals surface area contributed by atoms with E-state index in [0.717, 1.165) is 16.6 Å². The maximum Gasteiger partial charge on any atom is 0.225 e. The van der Waals surface area contributed by atoms with Crippen molar-refractivity contribution in [1.29, 1.82) is 0 Å². The molecule has 0 aliphatic heterocycles. The zero-order valence-electron chi connectivity index (χ0n) is 8.96. The number of hydrogen-bond donors (Lipinski definition) is 0. The Kier molecular flexibility index (Phi) is 2.53. The van der Waals surface area contributed by atoms with Crippen molar-refractivity contribution in [2.24, 2.45) is 0 Å². The van der Waals surface area contributed by atoms with E-state index in [0.29, 0.717) is 5.82 Å². The van der Waals surface area contributed by atoms with Crippen LogP contribution in [-0.4, -0.2) is 24.7 Å². The van der Waals surface area contributed by atoms with Gasteiger partial charge in [0.05, 0.1) is 5.39 Å². The predicted octanol–water partition coefficient (Wildman–Crippen LogP) is 2.49. The largest absolute Gasteiger partial charge is 0.225 e. The minimum atomic E-state index is 0.229. The van der Waals surface area contributed by atoms with Gasteiger partial charge in [0.15, 0.2) is 5.82 Å². The first-order chi connectivity index (χ1) is 8.28. The molecule has 0 saturated heterocycles. The highest BCUT2D eigenvalue weighted by atomic mass is 35.5. The van der Waals surface area contributed by atoms with Gasteiger partial charge in [-0.05, 0) is 24.1 Å². The predicted molar refractivity (Wildman–Crippen MR) is 66.7 cm³/mol. The fraction of sp³-hybridized carbons (Fsp3) is 0.200. The molecule has 3 rings (SSSR count).